The van der Waals surface area contributed by atoms with Crippen LogP contribution in [0.4, 0.5) is 26.3 Å². The molecule has 0 bridgehead atoms. The Morgan fingerprint density at radius 2 is 0.657 bits per heavy atom. The summed E-state index contributed by atoms with van der Waals surface area (Å²) in [6, 6.07) is 28.7. The number of fused-ring (bicyclic) bond motifs is 6. The third kappa shape index (κ3) is 6.61. The van der Waals surface area contributed by atoms with Gasteiger partial charge >= 0.3 is 20.1 Å². The van der Waals surface area contributed by atoms with Gasteiger partial charge in [0, 0.05) is 52.2 Å². The molecule has 0 saturated carbocycles. The molecule has 6 aromatic carbocycles. The van der Waals surface area contributed by atoms with Gasteiger partial charge in [0.05, 0.1) is 0 Å². The standard InChI is InChI=1S/3C19H14F2N.Ir/c3*1-10-9-13-15-11(17(10)21)7-8-22-18(15)12-5-4-6-14(20)16(12)19(13,2)3;/h3*4,6-9H,1-3H3;/q3*-1;+3. The zero-order valence-electron chi connectivity index (χ0n) is 38.1. The first-order valence-corrected chi connectivity index (χ1v) is 21.7. The van der Waals surface area contributed by atoms with E-state index in [1.807, 2.05) is 59.7 Å². The van der Waals surface area contributed by atoms with Crippen LogP contribution in [0.1, 0.15) is 91.6 Å². The van der Waals surface area contributed by atoms with Crippen LogP contribution in [0.5, 0.6) is 0 Å². The molecule has 336 valence electrons. The molecule has 0 saturated heterocycles. The topological polar surface area (TPSA) is 38.7 Å². The molecule has 3 aromatic heterocycles. The molecule has 9 aromatic rings. The van der Waals surface area contributed by atoms with Crippen LogP contribution in [0.2, 0.25) is 0 Å². The SMILES string of the molecule is Cc1cc2c3c(nccc3c1F)-c1[c-]ccc(F)c1C2(C)C.Cc1cc2c3c(nccc3c1F)-c1[c-]ccc(F)c1C2(C)C.Cc1cc2c3c(nccc3c1F)-c1[c-]ccc(F)c1C2(C)C.[Ir+3]. The van der Waals surface area contributed by atoms with Crippen molar-refractivity contribution in [2.75, 3.05) is 0 Å². The van der Waals surface area contributed by atoms with E-state index in [1.54, 1.807) is 75.8 Å². The fraction of sp³-hybridized carbons (Fsp3) is 0.211. The number of aromatic nitrogens is 3. The van der Waals surface area contributed by atoms with E-state index in [-0.39, 0.29) is 55.0 Å². The largest absolute Gasteiger partial charge is 3.00 e. The molecule has 3 nitrogen and oxygen atoms in total. The van der Waals surface area contributed by atoms with Gasteiger partial charge in [-0.05, 0) is 122 Å². The third-order valence-corrected chi connectivity index (χ3v) is 13.9. The van der Waals surface area contributed by atoms with E-state index in [4.69, 9.17) is 0 Å². The summed E-state index contributed by atoms with van der Waals surface area (Å²) >= 11 is 0. The van der Waals surface area contributed by atoms with Gasteiger partial charge in [-0.15, -0.1) is 71.3 Å². The van der Waals surface area contributed by atoms with Gasteiger partial charge in [0.2, 0.25) is 0 Å². The third-order valence-electron chi connectivity index (χ3n) is 13.9. The van der Waals surface area contributed by atoms with Crippen LogP contribution >= 0.6 is 0 Å². The normalized spacial score (nSPS) is 14.7. The summed E-state index contributed by atoms with van der Waals surface area (Å²) in [6.07, 6.45) is 4.72. The van der Waals surface area contributed by atoms with Crippen molar-refractivity contribution in [1.82, 2.24) is 15.0 Å². The maximum absolute atomic E-state index is 14.5. The number of hydrogen-bond acceptors (Lipinski definition) is 3. The minimum Gasteiger partial charge on any atom is -0.304 e. The molecule has 0 radical (unpaired) electrons. The van der Waals surface area contributed by atoms with E-state index in [1.165, 1.54) is 18.2 Å². The van der Waals surface area contributed by atoms with Gasteiger partial charge in [-0.2, -0.15) is 0 Å². The zero-order valence-corrected chi connectivity index (χ0v) is 40.5. The predicted molar refractivity (Wildman–Crippen MR) is 248 cm³/mol. The van der Waals surface area contributed by atoms with Crippen molar-refractivity contribution in [1.29, 1.82) is 0 Å². The first kappa shape index (κ1) is 45.9. The van der Waals surface area contributed by atoms with Crippen LogP contribution in [0.3, 0.4) is 0 Å². The number of rotatable bonds is 0. The molecule has 0 spiro atoms. The second-order valence-electron chi connectivity index (χ2n) is 19.0. The number of halogens is 6. The summed E-state index contributed by atoms with van der Waals surface area (Å²) in [5.74, 6) is -1.53. The summed E-state index contributed by atoms with van der Waals surface area (Å²) in [5.41, 5.74) is 8.20. The van der Waals surface area contributed by atoms with Crippen molar-refractivity contribution < 1.29 is 46.4 Å². The maximum atomic E-state index is 14.5. The monoisotopic (exact) mass is 1080 g/mol. The van der Waals surface area contributed by atoms with Crippen LogP contribution in [0.15, 0.2) is 91.4 Å². The molecule has 3 aliphatic carbocycles. The molecule has 12 rings (SSSR count). The van der Waals surface area contributed by atoms with Crippen LogP contribution in [0.25, 0.3) is 66.1 Å². The van der Waals surface area contributed by atoms with Gasteiger partial charge in [0.15, 0.2) is 0 Å². The number of aryl methyl sites for hydroxylation is 3. The molecule has 3 heterocycles. The van der Waals surface area contributed by atoms with Gasteiger partial charge in [-0.1, -0.05) is 76.4 Å². The summed E-state index contributed by atoms with van der Waals surface area (Å²) < 4.78 is 87.0. The molecule has 0 fully saturated rings. The Balaban J connectivity index is 0.000000125. The molecule has 0 aliphatic heterocycles. The Morgan fingerprint density at radius 3 is 0.910 bits per heavy atom. The Hall–Kier alpha value is -6.22. The van der Waals surface area contributed by atoms with Gasteiger partial charge < -0.3 is 15.0 Å². The first-order valence-electron chi connectivity index (χ1n) is 21.7. The van der Waals surface area contributed by atoms with Crippen molar-refractivity contribution in [2.45, 2.75) is 78.6 Å². The fourth-order valence-electron chi connectivity index (χ4n) is 10.7. The summed E-state index contributed by atoms with van der Waals surface area (Å²) in [6.45, 7) is 17.0. The Kier molecular flexibility index (Phi) is 10.9. The summed E-state index contributed by atoms with van der Waals surface area (Å²) in [7, 11) is 0. The molecule has 0 N–H and O–H groups in total. The fourth-order valence-corrected chi connectivity index (χ4v) is 10.7. The molecular formula is C57H42F6IrN3. The van der Waals surface area contributed by atoms with Crippen molar-refractivity contribution in [2.24, 2.45) is 0 Å². The van der Waals surface area contributed by atoms with Gasteiger partial charge in [-0.25, -0.2) is 26.3 Å². The van der Waals surface area contributed by atoms with Gasteiger partial charge in [0.25, 0.3) is 0 Å². The van der Waals surface area contributed by atoms with E-state index >= 15 is 0 Å². The molecule has 0 atom stereocenters. The van der Waals surface area contributed by atoms with Crippen LogP contribution in [0, 0.1) is 73.9 Å². The van der Waals surface area contributed by atoms with Crippen molar-refractivity contribution in [3.63, 3.8) is 0 Å². The summed E-state index contributed by atoms with van der Waals surface area (Å²) in [4.78, 5) is 13.2. The van der Waals surface area contributed by atoms with Gasteiger partial charge in [-0.3, -0.25) is 0 Å². The van der Waals surface area contributed by atoms with Gasteiger partial charge in [0.1, 0.15) is 17.5 Å². The Morgan fingerprint density at radius 1 is 0.403 bits per heavy atom. The number of benzene rings is 6. The van der Waals surface area contributed by atoms with E-state index in [9.17, 15) is 26.3 Å². The summed E-state index contributed by atoms with van der Waals surface area (Å²) in [5, 5.41) is 3.92. The second kappa shape index (κ2) is 16.0. The molecule has 67 heavy (non-hydrogen) atoms. The van der Waals surface area contributed by atoms with Crippen molar-refractivity contribution in [3.8, 4) is 33.8 Å². The Bertz CT molecular complexity index is 3210. The van der Waals surface area contributed by atoms with Crippen LogP contribution in [-0.4, -0.2) is 15.0 Å². The molecule has 3 aliphatic rings. The molecule has 0 amide bonds. The zero-order chi connectivity index (χ0) is 46.9. The minimum atomic E-state index is -0.566. The van der Waals surface area contributed by atoms with Crippen LogP contribution in [-0.2, 0) is 36.4 Å². The average molecular weight is 1080 g/mol. The van der Waals surface area contributed by atoms with Crippen molar-refractivity contribution >= 4 is 32.3 Å². The first-order chi connectivity index (χ1) is 31.3. The second-order valence-corrected chi connectivity index (χ2v) is 19.0. The van der Waals surface area contributed by atoms with E-state index < -0.39 is 16.2 Å². The number of pyridine rings is 3. The van der Waals surface area contributed by atoms with Crippen LogP contribution < -0.4 is 0 Å². The van der Waals surface area contributed by atoms with Crippen molar-refractivity contribution in [3.05, 3.63) is 195 Å². The number of hydrogen-bond donors (Lipinski definition) is 0. The average Bonchev–Trinajstić information content (AvgIpc) is 3.28. The Labute approximate surface area is 398 Å². The molecule has 10 heteroatoms. The molecule has 0 unspecified atom stereocenters. The number of nitrogens with zero attached hydrogens (tertiary/aromatic N) is 3. The van der Waals surface area contributed by atoms with E-state index in [2.05, 4.69) is 33.2 Å². The van der Waals surface area contributed by atoms with E-state index in [0.717, 1.165) is 32.8 Å². The quantitative estimate of drug-likeness (QED) is 0.112. The minimum absolute atomic E-state index is 0. The van der Waals surface area contributed by atoms with E-state index in [0.29, 0.717) is 83.3 Å². The smallest absolute Gasteiger partial charge is 0.304 e. The molecular weight excluding hydrogens is 1030 g/mol. The predicted octanol–water partition coefficient (Wildman–Crippen LogP) is 14.8. The maximum Gasteiger partial charge on any atom is 3.00 e.